The van der Waals surface area contributed by atoms with E-state index in [1.165, 1.54) is 0 Å². The molecule has 3 nitrogen and oxygen atoms in total. The minimum absolute atomic E-state index is 0.240. The van der Waals surface area contributed by atoms with Crippen molar-refractivity contribution in [2.45, 2.75) is 5.92 Å². The summed E-state index contributed by atoms with van der Waals surface area (Å²) in [7, 11) is 0. The minimum atomic E-state index is -0.240. The van der Waals surface area contributed by atoms with Crippen LogP contribution in [0.25, 0.3) is 0 Å². The van der Waals surface area contributed by atoms with Crippen molar-refractivity contribution in [3.8, 4) is 6.07 Å². The summed E-state index contributed by atoms with van der Waals surface area (Å²) < 4.78 is 0. The highest BCUT2D eigenvalue weighted by Crippen LogP contribution is 2.10. The molecule has 11 heavy (non-hydrogen) atoms. The van der Waals surface area contributed by atoms with E-state index in [9.17, 15) is 0 Å². The number of alkyl halides is 1. The SMILES string of the molecule is N#CC(CBr)c1ncccn1. The Hall–Kier alpha value is -0.950. The van der Waals surface area contributed by atoms with Crippen LogP contribution in [0.4, 0.5) is 0 Å². The lowest BCUT2D eigenvalue weighted by Gasteiger charge is -2.00. The Morgan fingerprint density at radius 2 is 2.18 bits per heavy atom. The zero-order valence-electron chi connectivity index (χ0n) is 5.74. The number of halogens is 1. The summed E-state index contributed by atoms with van der Waals surface area (Å²) in [6.07, 6.45) is 3.27. The molecule has 1 rings (SSSR count). The van der Waals surface area contributed by atoms with Crippen molar-refractivity contribution >= 4 is 15.9 Å². The second kappa shape index (κ2) is 4.04. The molecule has 0 bridgehead atoms. The van der Waals surface area contributed by atoms with E-state index in [2.05, 4.69) is 32.0 Å². The molecule has 1 atom stereocenters. The van der Waals surface area contributed by atoms with Gasteiger partial charge in [0.2, 0.25) is 0 Å². The molecule has 0 fully saturated rings. The van der Waals surface area contributed by atoms with Crippen LogP contribution < -0.4 is 0 Å². The van der Waals surface area contributed by atoms with Gasteiger partial charge < -0.3 is 0 Å². The predicted molar refractivity (Wildman–Crippen MR) is 44.2 cm³/mol. The van der Waals surface area contributed by atoms with Crippen LogP contribution in [0.3, 0.4) is 0 Å². The van der Waals surface area contributed by atoms with Gasteiger partial charge in [-0.05, 0) is 6.07 Å². The van der Waals surface area contributed by atoms with Crippen molar-refractivity contribution < 1.29 is 0 Å². The number of nitriles is 1. The summed E-state index contributed by atoms with van der Waals surface area (Å²) in [5, 5.41) is 9.20. The molecular formula is C7H6BrN3. The third kappa shape index (κ3) is 1.99. The number of nitrogens with zero attached hydrogens (tertiary/aromatic N) is 3. The molecule has 0 spiro atoms. The third-order valence-corrected chi connectivity index (χ3v) is 1.86. The average Bonchev–Trinajstić information content (AvgIpc) is 2.09. The van der Waals surface area contributed by atoms with Crippen LogP contribution in [0.15, 0.2) is 18.5 Å². The van der Waals surface area contributed by atoms with Crippen molar-refractivity contribution in [3.05, 3.63) is 24.3 Å². The fourth-order valence-electron chi connectivity index (χ4n) is 0.652. The molecule has 1 aromatic heterocycles. The predicted octanol–water partition coefficient (Wildman–Crippen LogP) is 1.48. The number of hydrogen-bond acceptors (Lipinski definition) is 3. The van der Waals surface area contributed by atoms with Gasteiger partial charge in [-0.25, -0.2) is 9.97 Å². The Labute approximate surface area is 73.2 Å². The number of rotatable bonds is 2. The Bertz CT molecular complexity index is 254. The van der Waals surface area contributed by atoms with Gasteiger partial charge in [0.1, 0.15) is 11.7 Å². The van der Waals surface area contributed by atoms with Crippen LogP contribution in [-0.4, -0.2) is 15.3 Å². The van der Waals surface area contributed by atoms with E-state index in [1.807, 2.05) is 0 Å². The summed E-state index contributed by atoms with van der Waals surface area (Å²) in [6, 6.07) is 3.82. The maximum Gasteiger partial charge on any atom is 0.146 e. The monoisotopic (exact) mass is 211 g/mol. The normalized spacial score (nSPS) is 12.0. The van der Waals surface area contributed by atoms with Gasteiger partial charge in [0.05, 0.1) is 6.07 Å². The lowest BCUT2D eigenvalue weighted by Crippen LogP contribution is -2.01. The molecular weight excluding hydrogens is 206 g/mol. The van der Waals surface area contributed by atoms with Gasteiger partial charge in [-0.3, -0.25) is 0 Å². The van der Waals surface area contributed by atoms with Gasteiger partial charge in [0.25, 0.3) is 0 Å². The van der Waals surface area contributed by atoms with E-state index in [0.717, 1.165) is 0 Å². The van der Waals surface area contributed by atoms with Gasteiger partial charge >= 0.3 is 0 Å². The fraction of sp³-hybridized carbons (Fsp3) is 0.286. The number of aromatic nitrogens is 2. The van der Waals surface area contributed by atoms with E-state index >= 15 is 0 Å². The number of hydrogen-bond donors (Lipinski definition) is 0. The second-order valence-corrected chi connectivity index (χ2v) is 2.59. The molecule has 1 heterocycles. The first-order valence-corrected chi connectivity index (χ1v) is 4.23. The van der Waals surface area contributed by atoms with Crippen LogP contribution in [0, 0.1) is 11.3 Å². The van der Waals surface area contributed by atoms with Crippen LogP contribution in [0.5, 0.6) is 0 Å². The lowest BCUT2D eigenvalue weighted by atomic mass is 10.2. The Kier molecular flexibility index (Phi) is 2.99. The van der Waals surface area contributed by atoms with E-state index in [4.69, 9.17) is 5.26 Å². The summed E-state index contributed by atoms with van der Waals surface area (Å²) in [6.45, 7) is 0. The topological polar surface area (TPSA) is 49.6 Å². The molecule has 4 heteroatoms. The van der Waals surface area contributed by atoms with Crippen LogP contribution in [0.1, 0.15) is 11.7 Å². The van der Waals surface area contributed by atoms with E-state index in [1.54, 1.807) is 18.5 Å². The van der Waals surface area contributed by atoms with E-state index in [0.29, 0.717) is 11.2 Å². The fourth-order valence-corrected chi connectivity index (χ4v) is 1.09. The quantitative estimate of drug-likeness (QED) is 0.697. The van der Waals surface area contributed by atoms with Crippen molar-refractivity contribution in [2.24, 2.45) is 0 Å². The van der Waals surface area contributed by atoms with Crippen molar-refractivity contribution in [1.82, 2.24) is 9.97 Å². The molecule has 0 aliphatic heterocycles. The maximum absolute atomic E-state index is 8.62. The zero-order chi connectivity index (χ0) is 8.10. The smallest absolute Gasteiger partial charge is 0.146 e. The first-order chi connectivity index (χ1) is 5.38. The Balaban J connectivity index is 2.85. The molecule has 1 aromatic rings. The first kappa shape index (κ1) is 8.15. The van der Waals surface area contributed by atoms with Gasteiger partial charge in [-0.15, -0.1) is 0 Å². The maximum atomic E-state index is 8.62. The average molecular weight is 212 g/mol. The zero-order valence-corrected chi connectivity index (χ0v) is 7.32. The summed E-state index contributed by atoms with van der Waals surface area (Å²) in [5.74, 6) is 0.336. The molecule has 56 valence electrons. The standard InChI is InChI=1S/C7H6BrN3/c8-4-6(5-9)7-10-2-1-3-11-7/h1-3,6H,4H2. The van der Waals surface area contributed by atoms with Crippen LogP contribution in [-0.2, 0) is 0 Å². The van der Waals surface area contributed by atoms with Crippen molar-refractivity contribution in [1.29, 1.82) is 5.26 Å². The summed E-state index contributed by atoms with van der Waals surface area (Å²) in [4.78, 5) is 7.91. The largest absolute Gasteiger partial charge is 0.240 e. The van der Waals surface area contributed by atoms with E-state index < -0.39 is 0 Å². The molecule has 0 N–H and O–H groups in total. The van der Waals surface area contributed by atoms with Crippen LogP contribution >= 0.6 is 15.9 Å². The molecule has 0 saturated carbocycles. The highest BCUT2D eigenvalue weighted by atomic mass is 79.9. The van der Waals surface area contributed by atoms with Gasteiger partial charge in [-0.1, -0.05) is 15.9 Å². The minimum Gasteiger partial charge on any atom is -0.240 e. The van der Waals surface area contributed by atoms with Crippen molar-refractivity contribution in [3.63, 3.8) is 0 Å². The molecule has 0 amide bonds. The highest BCUT2D eigenvalue weighted by Gasteiger charge is 2.09. The summed E-state index contributed by atoms with van der Waals surface area (Å²) >= 11 is 3.21. The molecule has 1 unspecified atom stereocenters. The second-order valence-electron chi connectivity index (χ2n) is 1.94. The molecule has 0 aromatic carbocycles. The van der Waals surface area contributed by atoms with Crippen LogP contribution in [0.2, 0.25) is 0 Å². The van der Waals surface area contributed by atoms with Crippen molar-refractivity contribution in [2.75, 3.05) is 5.33 Å². The van der Waals surface area contributed by atoms with Gasteiger partial charge in [0, 0.05) is 17.7 Å². The first-order valence-electron chi connectivity index (χ1n) is 3.11. The summed E-state index contributed by atoms with van der Waals surface area (Å²) in [5.41, 5.74) is 0. The van der Waals surface area contributed by atoms with Gasteiger partial charge in [-0.2, -0.15) is 5.26 Å². The lowest BCUT2D eigenvalue weighted by molar-refractivity contribution is 0.867. The van der Waals surface area contributed by atoms with Gasteiger partial charge in [0.15, 0.2) is 0 Å². The Morgan fingerprint density at radius 3 is 2.64 bits per heavy atom. The third-order valence-electron chi connectivity index (χ3n) is 1.21. The molecule has 0 aliphatic rings. The molecule has 0 aliphatic carbocycles. The molecule has 0 radical (unpaired) electrons. The molecule has 0 saturated heterocycles. The van der Waals surface area contributed by atoms with E-state index in [-0.39, 0.29) is 5.92 Å². The Morgan fingerprint density at radius 1 is 1.55 bits per heavy atom. The highest BCUT2D eigenvalue weighted by molar-refractivity contribution is 9.09.